The molecule has 0 spiro atoms. The molecule has 0 aliphatic carbocycles. The van der Waals surface area contributed by atoms with E-state index in [1.54, 1.807) is 0 Å². The number of hydrogen-bond donors (Lipinski definition) is 2. The van der Waals surface area contributed by atoms with Gasteiger partial charge in [-0.15, -0.1) is 0 Å². The third-order valence-corrected chi connectivity index (χ3v) is 5.53. The number of rotatable bonds is 6. The fourth-order valence-corrected chi connectivity index (χ4v) is 3.55. The summed E-state index contributed by atoms with van der Waals surface area (Å²) in [5.41, 5.74) is 6.50. The minimum Gasteiger partial charge on any atom is -0.345 e. The van der Waals surface area contributed by atoms with Gasteiger partial charge in [0.1, 0.15) is 0 Å². The molecule has 28 heavy (non-hydrogen) atoms. The molecular weight excluding hydrogens is 362 g/mol. The topological polar surface area (TPSA) is 29.1 Å². The quantitative estimate of drug-likeness (QED) is 0.487. The van der Waals surface area contributed by atoms with Gasteiger partial charge in [0, 0.05) is 10.8 Å². The van der Waals surface area contributed by atoms with Crippen molar-refractivity contribution in [2.75, 3.05) is 0 Å². The number of nitrogens with one attached hydrogen (secondary N) is 1. The van der Waals surface area contributed by atoms with Crippen LogP contribution in [0.3, 0.4) is 0 Å². The second-order valence-corrected chi connectivity index (χ2v) is 8.09. The van der Waals surface area contributed by atoms with Crippen LogP contribution >= 0.6 is 12.6 Å². The SMILES string of the molecule is Cc1ccc(C(=O)N[C@@H](C[C@@H](S)c2ccc(C)cc2)c2ccc(C)cc2)cc1. The van der Waals surface area contributed by atoms with Crippen LogP contribution in [-0.2, 0) is 0 Å². The maximum atomic E-state index is 12.8. The lowest BCUT2D eigenvalue weighted by molar-refractivity contribution is 0.0934. The second-order valence-electron chi connectivity index (χ2n) is 7.46. The zero-order valence-corrected chi connectivity index (χ0v) is 17.5. The van der Waals surface area contributed by atoms with E-state index in [1.807, 2.05) is 31.2 Å². The summed E-state index contributed by atoms with van der Waals surface area (Å²) in [7, 11) is 0. The van der Waals surface area contributed by atoms with E-state index in [4.69, 9.17) is 12.6 Å². The zero-order valence-electron chi connectivity index (χ0n) is 16.6. The van der Waals surface area contributed by atoms with Gasteiger partial charge in [-0.3, -0.25) is 4.79 Å². The van der Waals surface area contributed by atoms with E-state index < -0.39 is 0 Å². The van der Waals surface area contributed by atoms with Gasteiger partial charge in [0.2, 0.25) is 0 Å². The number of thiol groups is 1. The first-order valence-electron chi connectivity index (χ1n) is 9.61. The van der Waals surface area contributed by atoms with Crippen molar-refractivity contribution in [3.63, 3.8) is 0 Å². The molecule has 2 nitrogen and oxygen atoms in total. The molecule has 0 saturated heterocycles. The van der Waals surface area contributed by atoms with Crippen molar-refractivity contribution >= 4 is 18.5 Å². The Kier molecular flexibility index (Phi) is 6.58. The first-order valence-corrected chi connectivity index (χ1v) is 10.1. The fourth-order valence-electron chi connectivity index (χ4n) is 3.17. The molecule has 0 fully saturated rings. The van der Waals surface area contributed by atoms with E-state index in [0.29, 0.717) is 12.0 Å². The van der Waals surface area contributed by atoms with Crippen LogP contribution in [0, 0.1) is 20.8 Å². The van der Waals surface area contributed by atoms with Crippen LogP contribution in [0.25, 0.3) is 0 Å². The van der Waals surface area contributed by atoms with Crippen LogP contribution in [0.15, 0.2) is 72.8 Å². The maximum Gasteiger partial charge on any atom is 0.251 e. The van der Waals surface area contributed by atoms with E-state index in [9.17, 15) is 4.79 Å². The van der Waals surface area contributed by atoms with Gasteiger partial charge >= 0.3 is 0 Å². The Morgan fingerprint density at radius 2 is 1.18 bits per heavy atom. The molecule has 0 aliphatic heterocycles. The Morgan fingerprint density at radius 1 is 0.750 bits per heavy atom. The monoisotopic (exact) mass is 389 g/mol. The minimum absolute atomic E-state index is 0.0326. The van der Waals surface area contributed by atoms with Gasteiger partial charge in [-0.2, -0.15) is 12.6 Å². The van der Waals surface area contributed by atoms with Gasteiger partial charge in [0.15, 0.2) is 0 Å². The predicted octanol–water partition coefficient (Wildman–Crippen LogP) is 6.14. The molecule has 0 bridgehead atoms. The predicted molar refractivity (Wildman–Crippen MR) is 120 cm³/mol. The van der Waals surface area contributed by atoms with Gasteiger partial charge in [-0.1, -0.05) is 77.4 Å². The van der Waals surface area contributed by atoms with E-state index >= 15 is 0 Å². The van der Waals surface area contributed by atoms with Gasteiger partial charge in [-0.05, 0) is 50.5 Å². The highest BCUT2D eigenvalue weighted by atomic mass is 32.1. The highest BCUT2D eigenvalue weighted by molar-refractivity contribution is 7.80. The molecule has 1 amide bonds. The summed E-state index contributed by atoms with van der Waals surface area (Å²) in [6.45, 7) is 6.16. The Balaban J connectivity index is 1.82. The smallest absolute Gasteiger partial charge is 0.251 e. The summed E-state index contributed by atoms with van der Waals surface area (Å²) in [6.07, 6.45) is 0.715. The molecule has 0 aliphatic rings. The lowest BCUT2D eigenvalue weighted by Gasteiger charge is -2.23. The molecule has 144 valence electrons. The molecule has 3 rings (SSSR count). The van der Waals surface area contributed by atoms with Crippen LogP contribution in [-0.4, -0.2) is 5.91 Å². The summed E-state index contributed by atoms with van der Waals surface area (Å²) < 4.78 is 0. The van der Waals surface area contributed by atoms with Gasteiger partial charge in [-0.25, -0.2) is 0 Å². The zero-order chi connectivity index (χ0) is 20.1. The first-order chi connectivity index (χ1) is 13.4. The minimum atomic E-state index is -0.113. The van der Waals surface area contributed by atoms with Crippen molar-refractivity contribution < 1.29 is 4.79 Å². The van der Waals surface area contributed by atoms with Gasteiger partial charge < -0.3 is 5.32 Å². The highest BCUT2D eigenvalue weighted by Crippen LogP contribution is 2.31. The molecule has 0 saturated carbocycles. The molecule has 2 atom stereocenters. The van der Waals surface area contributed by atoms with Crippen LogP contribution in [0.1, 0.15) is 55.9 Å². The fraction of sp³-hybridized carbons (Fsp3) is 0.240. The summed E-state index contributed by atoms with van der Waals surface area (Å²) >= 11 is 4.84. The lowest BCUT2D eigenvalue weighted by atomic mass is 9.97. The van der Waals surface area contributed by atoms with Gasteiger partial charge in [0.05, 0.1) is 6.04 Å². The Bertz CT molecular complexity index is 914. The first kappa shape index (κ1) is 20.2. The van der Waals surface area contributed by atoms with Crippen LogP contribution < -0.4 is 5.32 Å². The van der Waals surface area contributed by atoms with Crippen molar-refractivity contribution in [3.8, 4) is 0 Å². The van der Waals surface area contributed by atoms with Crippen molar-refractivity contribution in [3.05, 3.63) is 106 Å². The number of benzene rings is 3. The number of aryl methyl sites for hydroxylation is 3. The number of amides is 1. The van der Waals surface area contributed by atoms with E-state index in [1.165, 1.54) is 11.1 Å². The van der Waals surface area contributed by atoms with Crippen molar-refractivity contribution in [2.45, 2.75) is 38.5 Å². The van der Waals surface area contributed by atoms with Crippen LogP contribution in [0.2, 0.25) is 0 Å². The Hall–Kier alpha value is -2.52. The highest BCUT2D eigenvalue weighted by Gasteiger charge is 2.20. The molecule has 0 unspecified atom stereocenters. The number of hydrogen-bond acceptors (Lipinski definition) is 2. The molecule has 3 aromatic carbocycles. The van der Waals surface area contributed by atoms with Crippen LogP contribution in [0.4, 0.5) is 0 Å². The van der Waals surface area contributed by atoms with Gasteiger partial charge in [0.25, 0.3) is 5.91 Å². The summed E-state index contributed by atoms with van der Waals surface area (Å²) in [5, 5.41) is 3.25. The van der Waals surface area contributed by atoms with E-state index in [2.05, 4.69) is 67.7 Å². The van der Waals surface area contributed by atoms with Crippen molar-refractivity contribution in [1.29, 1.82) is 0 Å². The maximum absolute atomic E-state index is 12.8. The lowest BCUT2D eigenvalue weighted by Crippen LogP contribution is -2.29. The third-order valence-electron chi connectivity index (χ3n) is 5.02. The summed E-state index contributed by atoms with van der Waals surface area (Å²) in [6, 6.07) is 24.3. The third kappa shape index (κ3) is 5.26. The average molecular weight is 390 g/mol. The largest absolute Gasteiger partial charge is 0.345 e. The Morgan fingerprint density at radius 3 is 1.68 bits per heavy atom. The molecule has 3 aromatic rings. The molecule has 1 N–H and O–H groups in total. The summed E-state index contributed by atoms with van der Waals surface area (Å²) in [5.74, 6) is -0.0602. The molecule has 0 radical (unpaired) electrons. The molecule has 3 heteroatoms. The molecule has 0 aromatic heterocycles. The molecular formula is C25H27NOS. The number of carbonyl (C=O) groups is 1. The molecule has 0 heterocycles. The van der Waals surface area contributed by atoms with Crippen molar-refractivity contribution in [1.82, 2.24) is 5.32 Å². The Labute approximate surface area is 173 Å². The van der Waals surface area contributed by atoms with E-state index in [0.717, 1.165) is 16.7 Å². The van der Waals surface area contributed by atoms with E-state index in [-0.39, 0.29) is 17.2 Å². The van der Waals surface area contributed by atoms with Crippen molar-refractivity contribution in [2.24, 2.45) is 0 Å². The second kappa shape index (κ2) is 9.11. The normalized spacial score (nSPS) is 13.0. The van der Waals surface area contributed by atoms with Crippen LogP contribution in [0.5, 0.6) is 0 Å². The standard InChI is InChI=1S/C25H27NOS/c1-17-4-10-20(11-5-17)23(16-24(28)21-12-6-18(2)7-13-21)26-25(27)22-14-8-19(3)9-15-22/h4-15,23-24,28H,16H2,1-3H3,(H,26,27)/t23-,24+/m0/s1. The summed E-state index contributed by atoms with van der Waals surface area (Å²) in [4.78, 5) is 12.8. The number of carbonyl (C=O) groups excluding carboxylic acids is 1. The average Bonchev–Trinajstić information content (AvgIpc) is 2.69.